The molecule has 25 heavy (non-hydrogen) atoms. The van der Waals surface area contributed by atoms with E-state index in [1.165, 1.54) is 12.8 Å². The maximum absolute atomic E-state index is 5.88. The van der Waals surface area contributed by atoms with Crippen LogP contribution in [0.3, 0.4) is 0 Å². The first-order chi connectivity index (χ1) is 11.5. The fourth-order valence-electron chi connectivity index (χ4n) is 2.54. The predicted molar refractivity (Wildman–Crippen MR) is 112 cm³/mol. The molecule has 142 valence electrons. The van der Waals surface area contributed by atoms with Crippen LogP contribution in [0.4, 0.5) is 0 Å². The number of pyridine rings is 1. The van der Waals surface area contributed by atoms with Gasteiger partial charge in [0.15, 0.2) is 5.96 Å². The maximum atomic E-state index is 5.88. The van der Waals surface area contributed by atoms with Gasteiger partial charge in [0.05, 0.1) is 5.60 Å². The van der Waals surface area contributed by atoms with Crippen LogP contribution in [0.5, 0.6) is 5.88 Å². The van der Waals surface area contributed by atoms with Crippen molar-refractivity contribution >= 4 is 29.9 Å². The molecule has 1 heterocycles. The average molecular weight is 462 g/mol. The Balaban J connectivity index is 0.00000312. The fraction of sp³-hybridized carbons (Fsp3) is 0.667. The average Bonchev–Trinajstić information content (AvgIpc) is 3.09. The summed E-state index contributed by atoms with van der Waals surface area (Å²) in [6.07, 6.45) is 7.00. The molecule has 1 saturated carbocycles. The quantitative estimate of drug-likeness (QED) is 0.371. The summed E-state index contributed by atoms with van der Waals surface area (Å²) in [5, 5.41) is 6.54. The van der Waals surface area contributed by atoms with Crippen LogP contribution in [-0.2, 0) is 11.3 Å². The third kappa shape index (κ3) is 7.77. The van der Waals surface area contributed by atoms with Gasteiger partial charge >= 0.3 is 0 Å². The Morgan fingerprint density at radius 1 is 1.28 bits per heavy atom. The molecule has 0 unspecified atom stereocenters. The molecule has 0 spiro atoms. The summed E-state index contributed by atoms with van der Waals surface area (Å²) < 4.78 is 11.3. The number of halogens is 1. The van der Waals surface area contributed by atoms with Crippen LogP contribution in [0.1, 0.15) is 45.1 Å². The predicted octanol–water partition coefficient (Wildman–Crippen LogP) is 3.11. The largest absolute Gasteiger partial charge is 0.474 e. The highest BCUT2D eigenvalue weighted by Crippen LogP contribution is 2.22. The van der Waals surface area contributed by atoms with E-state index in [0.29, 0.717) is 19.2 Å². The van der Waals surface area contributed by atoms with E-state index in [2.05, 4.69) is 20.6 Å². The number of rotatable bonds is 7. The third-order valence-corrected chi connectivity index (χ3v) is 4.30. The van der Waals surface area contributed by atoms with Crippen molar-refractivity contribution in [2.45, 2.75) is 57.8 Å². The van der Waals surface area contributed by atoms with Crippen LogP contribution in [0.25, 0.3) is 0 Å². The van der Waals surface area contributed by atoms with Gasteiger partial charge in [0.1, 0.15) is 6.10 Å². The molecule has 0 aromatic carbocycles. The highest BCUT2D eigenvalue weighted by Gasteiger charge is 2.17. The van der Waals surface area contributed by atoms with Gasteiger partial charge in [-0.1, -0.05) is 6.07 Å². The van der Waals surface area contributed by atoms with E-state index in [-0.39, 0.29) is 29.6 Å². The summed E-state index contributed by atoms with van der Waals surface area (Å²) >= 11 is 0. The van der Waals surface area contributed by atoms with Gasteiger partial charge in [-0.3, -0.25) is 4.99 Å². The van der Waals surface area contributed by atoms with Gasteiger partial charge in [0.2, 0.25) is 5.88 Å². The number of hydrogen-bond donors (Lipinski definition) is 2. The van der Waals surface area contributed by atoms with Crippen molar-refractivity contribution in [2.75, 3.05) is 20.7 Å². The van der Waals surface area contributed by atoms with Gasteiger partial charge in [-0.05, 0) is 45.1 Å². The number of guanidine groups is 1. The van der Waals surface area contributed by atoms with Crippen LogP contribution in [-0.4, -0.2) is 43.4 Å². The van der Waals surface area contributed by atoms with Crippen LogP contribution < -0.4 is 15.4 Å². The molecule has 0 amide bonds. The van der Waals surface area contributed by atoms with Crippen molar-refractivity contribution in [1.29, 1.82) is 0 Å². The van der Waals surface area contributed by atoms with Gasteiger partial charge in [0, 0.05) is 39.5 Å². The zero-order valence-electron chi connectivity index (χ0n) is 15.7. The van der Waals surface area contributed by atoms with Crippen molar-refractivity contribution in [3.63, 3.8) is 0 Å². The minimum absolute atomic E-state index is 0. The first-order valence-corrected chi connectivity index (χ1v) is 8.63. The molecule has 1 aliphatic rings. The lowest BCUT2D eigenvalue weighted by atomic mass is 10.1. The summed E-state index contributed by atoms with van der Waals surface area (Å²) in [6.45, 7) is 5.39. The van der Waals surface area contributed by atoms with E-state index in [1.54, 1.807) is 14.2 Å². The lowest BCUT2D eigenvalue weighted by molar-refractivity contribution is 0.0268. The molecule has 0 bridgehead atoms. The lowest BCUT2D eigenvalue weighted by Crippen LogP contribution is -2.45. The number of aromatic nitrogens is 1. The number of methoxy groups -OCH3 is 1. The summed E-state index contributed by atoms with van der Waals surface area (Å²) in [4.78, 5) is 8.62. The molecular weight excluding hydrogens is 431 g/mol. The fourth-order valence-corrected chi connectivity index (χ4v) is 2.54. The molecule has 2 N–H and O–H groups in total. The topological polar surface area (TPSA) is 67.8 Å². The minimum Gasteiger partial charge on any atom is -0.474 e. The van der Waals surface area contributed by atoms with Gasteiger partial charge in [0.25, 0.3) is 0 Å². The molecule has 1 aromatic rings. The Hall–Kier alpha value is -1.09. The molecule has 0 saturated heterocycles. The third-order valence-electron chi connectivity index (χ3n) is 4.30. The van der Waals surface area contributed by atoms with Crippen molar-refractivity contribution in [3.05, 3.63) is 23.9 Å². The zero-order valence-corrected chi connectivity index (χ0v) is 18.0. The molecule has 2 rings (SSSR count). The number of aliphatic imine (C=N–C) groups is 1. The lowest BCUT2D eigenvalue weighted by Gasteiger charge is -2.24. The molecule has 1 aliphatic carbocycles. The normalized spacial score (nSPS) is 15.6. The molecule has 0 aliphatic heterocycles. The van der Waals surface area contributed by atoms with Crippen molar-refractivity contribution in [1.82, 2.24) is 15.6 Å². The van der Waals surface area contributed by atoms with Gasteiger partial charge < -0.3 is 20.1 Å². The summed E-state index contributed by atoms with van der Waals surface area (Å²) in [5.41, 5.74) is 0.848. The molecular formula is C18H31IN4O2. The Bertz CT molecular complexity index is 528. The summed E-state index contributed by atoms with van der Waals surface area (Å²) in [6, 6.07) is 3.98. The van der Waals surface area contributed by atoms with E-state index in [4.69, 9.17) is 9.47 Å². The smallest absolute Gasteiger partial charge is 0.213 e. The second-order valence-corrected chi connectivity index (χ2v) is 6.77. The second-order valence-electron chi connectivity index (χ2n) is 6.77. The Morgan fingerprint density at radius 3 is 2.56 bits per heavy atom. The number of nitrogens with one attached hydrogen (secondary N) is 2. The van der Waals surface area contributed by atoms with Gasteiger partial charge in [-0.2, -0.15) is 0 Å². The monoisotopic (exact) mass is 462 g/mol. The highest BCUT2D eigenvalue weighted by molar-refractivity contribution is 14.0. The Kier molecular flexibility index (Phi) is 9.48. The first kappa shape index (κ1) is 22.0. The van der Waals surface area contributed by atoms with Gasteiger partial charge in [-0.15, -0.1) is 24.0 Å². The molecule has 0 radical (unpaired) electrons. The van der Waals surface area contributed by atoms with Crippen molar-refractivity contribution < 1.29 is 9.47 Å². The minimum atomic E-state index is -0.238. The van der Waals surface area contributed by atoms with Crippen molar-refractivity contribution in [2.24, 2.45) is 4.99 Å². The maximum Gasteiger partial charge on any atom is 0.213 e. The Labute approximate surface area is 168 Å². The number of hydrogen-bond acceptors (Lipinski definition) is 4. The Morgan fingerprint density at radius 2 is 2.00 bits per heavy atom. The van der Waals surface area contributed by atoms with E-state index in [0.717, 1.165) is 30.2 Å². The SMILES string of the molecule is CN=C(NCc1ccc(OC2CCCC2)nc1)NCC(C)(C)OC.I. The van der Waals surface area contributed by atoms with Crippen LogP contribution in [0, 0.1) is 0 Å². The molecule has 0 atom stereocenters. The standard InChI is InChI=1S/C18H30N4O2.HI/c1-18(2,23-4)13-22-17(19-3)21-12-14-9-10-16(20-11-14)24-15-7-5-6-8-15;/h9-11,15H,5-8,12-13H2,1-4H3,(H2,19,21,22);1H. The van der Waals surface area contributed by atoms with Crippen LogP contribution in [0.15, 0.2) is 23.3 Å². The van der Waals surface area contributed by atoms with Crippen LogP contribution >= 0.6 is 24.0 Å². The summed E-state index contributed by atoms with van der Waals surface area (Å²) in [7, 11) is 3.46. The first-order valence-electron chi connectivity index (χ1n) is 8.63. The zero-order chi connectivity index (χ0) is 17.4. The highest BCUT2D eigenvalue weighted by atomic mass is 127. The van der Waals surface area contributed by atoms with Crippen LogP contribution in [0.2, 0.25) is 0 Å². The van der Waals surface area contributed by atoms with Crippen molar-refractivity contribution in [3.8, 4) is 5.88 Å². The second kappa shape index (κ2) is 10.8. The van der Waals surface area contributed by atoms with E-state index in [9.17, 15) is 0 Å². The number of ether oxygens (including phenoxy) is 2. The molecule has 7 heteroatoms. The van der Waals surface area contributed by atoms with Gasteiger partial charge in [-0.25, -0.2) is 4.98 Å². The van der Waals surface area contributed by atoms with E-state index < -0.39 is 0 Å². The van der Waals surface area contributed by atoms with E-state index >= 15 is 0 Å². The molecule has 1 fully saturated rings. The summed E-state index contributed by atoms with van der Waals surface area (Å²) in [5.74, 6) is 1.46. The number of nitrogens with zero attached hydrogens (tertiary/aromatic N) is 2. The molecule has 6 nitrogen and oxygen atoms in total. The van der Waals surface area contributed by atoms with E-state index in [1.807, 2.05) is 32.2 Å². The molecule has 1 aromatic heterocycles.